The number of likely N-dealkylation sites (tertiary alicyclic amines) is 1. The van der Waals surface area contributed by atoms with Crippen LogP contribution in [0.4, 0.5) is 0 Å². The molecular weight excluding hydrogens is 1130 g/mol. The van der Waals surface area contributed by atoms with Crippen LogP contribution in [0.25, 0.3) is 0 Å². The minimum atomic E-state index is -1.60. The van der Waals surface area contributed by atoms with Gasteiger partial charge in [-0.2, -0.15) is 0 Å². The summed E-state index contributed by atoms with van der Waals surface area (Å²) in [5.74, 6) is -7.50. The number of guanidine groups is 1. The molecule has 0 bridgehead atoms. The fourth-order valence-corrected chi connectivity index (χ4v) is 9.43. The van der Waals surface area contributed by atoms with Crippen molar-refractivity contribution in [3.63, 3.8) is 0 Å². The minimum absolute atomic E-state index is 0.0215. The van der Waals surface area contributed by atoms with Gasteiger partial charge in [0.05, 0.1) is 25.0 Å². The number of carbonyl (C=O) groups excluding carboxylic acids is 10. The maximum atomic E-state index is 14.5. The fourth-order valence-electron chi connectivity index (χ4n) is 9.43. The number of amides is 10. The molecule has 29 N–H and O–H groups in total. The van der Waals surface area contributed by atoms with Gasteiger partial charge >= 0.3 is 0 Å². The van der Waals surface area contributed by atoms with E-state index in [2.05, 4.69) is 62.8 Å². The van der Waals surface area contributed by atoms with E-state index in [1.807, 2.05) is 0 Å². The number of nitrogens with two attached hydrogens (primary N) is 9. The van der Waals surface area contributed by atoms with Crippen LogP contribution < -0.4 is 99.5 Å². The van der Waals surface area contributed by atoms with Gasteiger partial charge in [0.15, 0.2) is 5.96 Å². The molecule has 33 nitrogen and oxygen atoms in total. The highest BCUT2D eigenvalue weighted by atomic mass is 16.3. The van der Waals surface area contributed by atoms with E-state index in [1.54, 1.807) is 0 Å². The number of unbranched alkanes of at least 4 members (excludes halogenated alkanes) is 4. The summed E-state index contributed by atoms with van der Waals surface area (Å²) in [7, 11) is 0. The Kier molecular flexibility index (Phi) is 38.0. The second-order valence-corrected chi connectivity index (χ2v) is 21.5. The maximum Gasteiger partial charge on any atom is 0.245 e. The first-order valence-electron chi connectivity index (χ1n) is 30.3. The van der Waals surface area contributed by atoms with Crippen LogP contribution in [0, 0.1) is 0 Å². The van der Waals surface area contributed by atoms with E-state index in [-0.39, 0.29) is 96.5 Å². The highest BCUT2D eigenvalue weighted by Crippen LogP contribution is 2.21. The molecule has 0 spiro atoms. The van der Waals surface area contributed by atoms with E-state index in [0.717, 1.165) is 0 Å². The van der Waals surface area contributed by atoms with Crippen molar-refractivity contribution in [2.24, 2.45) is 56.6 Å². The molecule has 0 saturated carbocycles. The van der Waals surface area contributed by atoms with E-state index >= 15 is 0 Å². The Morgan fingerprint density at radius 2 is 1.10 bits per heavy atom. The number of H-pyrrole nitrogens is 1. The van der Waals surface area contributed by atoms with Gasteiger partial charge in [-0.05, 0) is 155 Å². The summed E-state index contributed by atoms with van der Waals surface area (Å²) in [6, 6.07) is -11.0. The number of carbonyl (C=O) groups is 10. The lowest BCUT2D eigenvalue weighted by molar-refractivity contribution is -0.142. The van der Waals surface area contributed by atoms with E-state index < -0.39 is 126 Å². The lowest BCUT2D eigenvalue weighted by atomic mass is 10.0. The third kappa shape index (κ3) is 29.4. The third-order valence-corrected chi connectivity index (χ3v) is 14.3. The molecule has 33 heteroatoms. The number of aliphatic imine (C=N–C) groups is 1. The molecule has 1 aromatic rings. The van der Waals surface area contributed by atoms with Gasteiger partial charge in [-0.25, -0.2) is 4.98 Å². The predicted octanol–water partition coefficient (Wildman–Crippen LogP) is -7.46. The summed E-state index contributed by atoms with van der Waals surface area (Å²) in [5, 5.41) is 34.3. The third-order valence-electron chi connectivity index (χ3n) is 14.3. The van der Waals surface area contributed by atoms with Crippen LogP contribution in [0.3, 0.4) is 0 Å². The Balaban J connectivity index is 2.34. The summed E-state index contributed by atoms with van der Waals surface area (Å²) in [6.07, 6.45) is 7.27. The van der Waals surface area contributed by atoms with Gasteiger partial charge in [0, 0.05) is 37.9 Å². The van der Waals surface area contributed by atoms with Crippen LogP contribution in [0.1, 0.15) is 128 Å². The number of nitrogens with one attached hydrogen (secondary N) is 10. The summed E-state index contributed by atoms with van der Waals surface area (Å²) in [6.45, 7) is 2.61. The van der Waals surface area contributed by atoms with Crippen LogP contribution >= 0.6 is 0 Å². The average molecular weight is 1240 g/mol. The monoisotopic (exact) mass is 1230 g/mol. The fraction of sp³-hybridized carbons (Fsp3) is 0.741. The second-order valence-electron chi connectivity index (χ2n) is 21.5. The van der Waals surface area contributed by atoms with Gasteiger partial charge < -0.3 is 114 Å². The molecule has 0 radical (unpaired) electrons. The molecule has 1 fully saturated rings. The summed E-state index contributed by atoms with van der Waals surface area (Å²) >= 11 is 0. The lowest BCUT2D eigenvalue weighted by Crippen LogP contribution is -2.60. The van der Waals surface area contributed by atoms with Gasteiger partial charge in [-0.1, -0.05) is 6.42 Å². The SMILES string of the molecule is C[C@@H](O)[C@H](NC(=O)[C@H](CCN)NC(=O)[C@@H](N)CCCCN)C(=O)NCC(=O)N[C@H](CCCN)C(=O)N1CCC[C@H]1C(=O)N[C@@H](Cc1cnc[nH]1)C(=O)N[C@@H](CCCCN)C(=O)N[C@@H](CCCN=C(N)N)C(=O)N[C@@H](CCCCN)C(=O)NCCCCN. The molecule has 494 valence electrons. The summed E-state index contributed by atoms with van der Waals surface area (Å²) < 4.78 is 0. The van der Waals surface area contributed by atoms with Gasteiger partial charge in [0.2, 0.25) is 59.1 Å². The van der Waals surface area contributed by atoms with Gasteiger partial charge in [0.25, 0.3) is 0 Å². The first-order valence-corrected chi connectivity index (χ1v) is 30.3. The van der Waals surface area contributed by atoms with Crippen LogP contribution in [0.15, 0.2) is 17.5 Å². The number of aromatic nitrogens is 2. The standard InChI is InChI=1S/C54H102N22O11/c1-33(77)44(75-49(83)39(19-25-60)70-45(79)35(61)13-2-5-20-55)52(86)67-31-43(78)69-40(16-10-24-59)53(87)76-28-12-18-42(76)51(85)74-41(29-34-30-64-32-68-34)50(84)73-37(15-4-7-22-57)47(81)72-38(17-11-27-66-54(62)63)48(82)71-36(14-3-6-21-56)46(80)65-26-9-8-23-58/h30,32-33,35-42,44,77H,2-29,31,55-61H2,1H3,(H,64,68)(H,65,80)(H,67,86)(H,69,78)(H,70,79)(H,71,82)(H,72,81)(H,73,84)(H,74,85)(H,75,83)(H4,62,63,66)/t33-,35+,36+,37+,38+,39+,40-,41+,42+,44+/m1/s1. The average Bonchev–Trinajstić information content (AvgIpc) is 2.98. The number of aliphatic hydroxyl groups is 1. The molecule has 1 aliphatic heterocycles. The molecule has 2 rings (SSSR count). The van der Waals surface area contributed by atoms with Crippen LogP contribution in [-0.2, 0) is 54.4 Å². The first kappa shape index (κ1) is 76.0. The number of aliphatic hydroxyl groups excluding tert-OH is 1. The van der Waals surface area contributed by atoms with Crippen molar-refractivity contribution in [1.82, 2.24) is 62.7 Å². The van der Waals surface area contributed by atoms with Crippen molar-refractivity contribution in [2.75, 3.05) is 65.4 Å². The predicted molar refractivity (Wildman–Crippen MR) is 325 cm³/mol. The lowest BCUT2D eigenvalue weighted by Gasteiger charge is -2.30. The number of imidazole rings is 1. The topological polar surface area (TPSA) is 578 Å². The van der Waals surface area contributed by atoms with Gasteiger partial charge in [0.1, 0.15) is 48.3 Å². The molecular formula is C54H102N22O11. The van der Waals surface area contributed by atoms with Crippen LogP contribution in [0.2, 0.25) is 0 Å². The zero-order chi connectivity index (χ0) is 64.7. The Labute approximate surface area is 509 Å². The molecule has 1 aromatic heterocycles. The molecule has 0 aromatic carbocycles. The van der Waals surface area contributed by atoms with Crippen LogP contribution in [-0.4, -0.2) is 211 Å². The smallest absolute Gasteiger partial charge is 0.245 e. The highest BCUT2D eigenvalue weighted by Gasteiger charge is 2.40. The second kappa shape index (κ2) is 43.5. The molecule has 2 heterocycles. The Morgan fingerprint density at radius 1 is 0.586 bits per heavy atom. The number of hydrogen-bond acceptors (Lipinski definition) is 20. The normalized spacial score (nSPS) is 16.0. The minimum Gasteiger partial charge on any atom is -0.391 e. The van der Waals surface area contributed by atoms with Crippen molar-refractivity contribution < 1.29 is 53.1 Å². The Bertz CT molecular complexity index is 2290. The van der Waals surface area contributed by atoms with Gasteiger partial charge in [-0.15, -0.1) is 0 Å². The number of hydrogen-bond donors (Lipinski definition) is 20. The molecule has 87 heavy (non-hydrogen) atoms. The van der Waals surface area contributed by atoms with Crippen molar-refractivity contribution >= 4 is 65.0 Å². The molecule has 0 unspecified atom stereocenters. The van der Waals surface area contributed by atoms with E-state index in [1.165, 1.54) is 24.3 Å². The molecule has 10 amide bonds. The van der Waals surface area contributed by atoms with Crippen molar-refractivity contribution in [1.29, 1.82) is 0 Å². The van der Waals surface area contributed by atoms with Crippen molar-refractivity contribution in [3.8, 4) is 0 Å². The molecule has 10 atom stereocenters. The maximum absolute atomic E-state index is 14.5. The van der Waals surface area contributed by atoms with Crippen molar-refractivity contribution in [3.05, 3.63) is 18.2 Å². The number of rotatable bonds is 46. The zero-order valence-electron chi connectivity index (χ0n) is 50.5. The van der Waals surface area contributed by atoms with Crippen molar-refractivity contribution in [2.45, 2.75) is 189 Å². The first-order chi connectivity index (χ1) is 41.7. The van der Waals surface area contributed by atoms with Crippen LogP contribution in [0.5, 0.6) is 0 Å². The number of aromatic amines is 1. The molecule has 0 aliphatic carbocycles. The Morgan fingerprint density at radius 3 is 1.66 bits per heavy atom. The largest absolute Gasteiger partial charge is 0.391 e. The number of nitrogens with zero attached hydrogens (tertiary/aromatic N) is 3. The summed E-state index contributed by atoms with van der Waals surface area (Å²) in [5.41, 5.74) is 51.7. The molecule has 1 aliphatic rings. The quantitative estimate of drug-likeness (QED) is 0.0164. The van der Waals surface area contributed by atoms with E-state index in [4.69, 9.17) is 51.6 Å². The highest BCUT2D eigenvalue weighted by molar-refractivity contribution is 5.98. The Hall–Kier alpha value is -7.14. The van der Waals surface area contributed by atoms with Gasteiger partial charge in [-0.3, -0.25) is 52.9 Å². The summed E-state index contributed by atoms with van der Waals surface area (Å²) in [4.78, 5) is 150. The van der Waals surface area contributed by atoms with E-state index in [0.29, 0.717) is 96.1 Å². The zero-order valence-corrected chi connectivity index (χ0v) is 50.5. The molecule has 1 saturated heterocycles. The van der Waals surface area contributed by atoms with E-state index in [9.17, 15) is 53.1 Å².